The van der Waals surface area contributed by atoms with E-state index in [1.165, 1.54) is 11.3 Å². The van der Waals surface area contributed by atoms with Gasteiger partial charge in [0.1, 0.15) is 0 Å². The molecule has 0 amide bonds. The van der Waals surface area contributed by atoms with Crippen LogP contribution in [-0.4, -0.2) is 5.76 Å². The number of anilines is 1. The number of halogens is 3. The van der Waals surface area contributed by atoms with Gasteiger partial charge >= 0.3 is 0 Å². The van der Waals surface area contributed by atoms with Gasteiger partial charge in [-0.05, 0) is 24.3 Å². The number of benzene rings is 1. The number of hydrogen-bond acceptors (Lipinski definition) is 3. The van der Waals surface area contributed by atoms with Gasteiger partial charge in [0.25, 0.3) is 5.76 Å². The first kappa shape index (κ1) is 13.6. The van der Waals surface area contributed by atoms with E-state index < -0.39 is 5.76 Å². The zero-order valence-corrected chi connectivity index (χ0v) is 11.6. The molecule has 0 fully saturated rings. The minimum Gasteiger partial charge on any atom is -0.379 e. The molecule has 1 nitrogen and oxygen atoms in total. The van der Waals surface area contributed by atoms with Crippen molar-refractivity contribution in [3.63, 3.8) is 0 Å². The number of nitrogens with one attached hydrogen (secondary N) is 1. The summed E-state index contributed by atoms with van der Waals surface area (Å²) in [5, 5.41) is 3.15. The molecule has 0 radical (unpaired) electrons. The topological polar surface area (TPSA) is 12.0 Å². The van der Waals surface area contributed by atoms with Gasteiger partial charge in [-0.2, -0.15) is 8.78 Å². The van der Waals surface area contributed by atoms with E-state index in [1.807, 2.05) is 18.2 Å². The molecule has 96 valence electrons. The average molecular weight is 306 g/mol. The number of para-hydroxylation sites is 1. The Morgan fingerprint density at radius 2 is 2.00 bits per heavy atom. The molecule has 0 saturated heterocycles. The van der Waals surface area contributed by atoms with Crippen LogP contribution in [0.15, 0.2) is 41.3 Å². The molecule has 2 rings (SSSR count). The molecule has 0 unspecified atom stereocenters. The fraction of sp³-hybridized carbons (Fsp3) is 0.167. The van der Waals surface area contributed by atoms with Crippen molar-refractivity contribution in [2.24, 2.45) is 0 Å². The fourth-order valence-corrected chi connectivity index (χ4v) is 3.08. The molecular formula is C12H10ClF2NS2. The second kappa shape index (κ2) is 6.41. The Morgan fingerprint density at radius 1 is 1.22 bits per heavy atom. The summed E-state index contributed by atoms with van der Waals surface area (Å²) in [7, 11) is 0. The van der Waals surface area contributed by atoms with Crippen molar-refractivity contribution in [2.45, 2.75) is 17.2 Å². The smallest absolute Gasteiger partial charge is 0.288 e. The van der Waals surface area contributed by atoms with Crippen molar-refractivity contribution in [3.05, 3.63) is 45.6 Å². The van der Waals surface area contributed by atoms with Gasteiger partial charge in [-0.3, -0.25) is 0 Å². The molecule has 18 heavy (non-hydrogen) atoms. The third kappa shape index (κ3) is 3.86. The fourth-order valence-electron chi connectivity index (χ4n) is 1.44. The van der Waals surface area contributed by atoms with Crippen LogP contribution >= 0.6 is 34.7 Å². The summed E-state index contributed by atoms with van der Waals surface area (Å²) in [6, 6.07) is 10.8. The van der Waals surface area contributed by atoms with Crippen LogP contribution in [0.3, 0.4) is 0 Å². The van der Waals surface area contributed by atoms with E-state index in [4.69, 9.17) is 11.6 Å². The van der Waals surface area contributed by atoms with Crippen LogP contribution < -0.4 is 5.32 Å². The van der Waals surface area contributed by atoms with Crippen molar-refractivity contribution in [3.8, 4) is 0 Å². The summed E-state index contributed by atoms with van der Waals surface area (Å²) in [5.74, 6) is -2.41. The Morgan fingerprint density at radius 3 is 2.67 bits per heavy atom. The van der Waals surface area contributed by atoms with E-state index in [-0.39, 0.29) is 0 Å². The Hall–Kier alpha value is -0.780. The van der Waals surface area contributed by atoms with Crippen LogP contribution in [0.5, 0.6) is 0 Å². The normalized spacial score (nSPS) is 10.9. The van der Waals surface area contributed by atoms with Gasteiger partial charge in [-0.1, -0.05) is 35.5 Å². The third-order valence-corrected chi connectivity index (χ3v) is 4.20. The standard InChI is InChI=1S/C12H10ClF2NS2/c13-11-6-5-8(17-11)7-16-9-3-1-2-4-10(9)18-12(14)15/h1-6,12,16H,7H2. The molecule has 1 aromatic heterocycles. The third-order valence-electron chi connectivity index (χ3n) is 2.19. The van der Waals surface area contributed by atoms with Crippen molar-refractivity contribution < 1.29 is 8.78 Å². The summed E-state index contributed by atoms with van der Waals surface area (Å²) < 4.78 is 25.5. The molecular weight excluding hydrogens is 296 g/mol. The molecule has 0 saturated carbocycles. The molecule has 1 aromatic carbocycles. The van der Waals surface area contributed by atoms with E-state index in [9.17, 15) is 8.78 Å². The van der Waals surface area contributed by atoms with E-state index in [1.54, 1.807) is 18.2 Å². The Labute approximate surface area is 117 Å². The summed E-state index contributed by atoms with van der Waals surface area (Å²) in [4.78, 5) is 1.62. The Kier molecular flexibility index (Phi) is 4.86. The van der Waals surface area contributed by atoms with Gasteiger partial charge in [0.05, 0.1) is 4.34 Å². The van der Waals surface area contributed by atoms with Crippen molar-refractivity contribution in [1.29, 1.82) is 0 Å². The first-order chi connectivity index (χ1) is 8.65. The summed E-state index contributed by atoms with van der Waals surface area (Å²) in [5.41, 5.74) is 0.715. The van der Waals surface area contributed by atoms with E-state index in [2.05, 4.69) is 5.32 Å². The molecule has 0 aliphatic rings. The maximum atomic E-state index is 12.4. The average Bonchev–Trinajstić information content (AvgIpc) is 2.73. The number of alkyl halides is 2. The molecule has 0 aliphatic heterocycles. The number of thiophene rings is 1. The van der Waals surface area contributed by atoms with Gasteiger partial charge in [0.2, 0.25) is 0 Å². The molecule has 6 heteroatoms. The highest BCUT2D eigenvalue weighted by Crippen LogP contribution is 2.32. The lowest BCUT2D eigenvalue weighted by Gasteiger charge is -2.10. The van der Waals surface area contributed by atoms with Crippen LogP contribution in [0.2, 0.25) is 4.34 Å². The molecule has 0 bridgehead atoms. The zero-order chi connectivity index (χ0) is 13.0. The first-order valence-corrected chi connectivity index (χ1v) is 7.24. The highest BCUT2D eigenvalue weighted by atomic mass is 35.5. The summed E-state index contributed by atoms with van der Waals surface area (Å²) >= 11 is 7.85. The molecule has 0 atom stereocenters. The van der Waals surface area contributed by atoms with Crippen molar-refractivity contribution in [1.82, 2.24) is 0 Å². The van der Waals surface area contributed by atoms with Crippen molar-refractivity contribution in [2.75, 3.05) is 5.32 Å². The van der Waals surface area contributed by atoms with Gasteiger partial charge < -0.3 is 5.32 Å². The molecule has 1 heterocycles. The van der Waals surface area contributed by atoms with Gasteiger partial charge in [0, 0.05) is 22.0 Å². The summed E-state index contributed by atoms with van der Waals surface area (Å²) in [6.07, 6.45) is 0. The largest absolute Gasteiger partial charge is 0.379 e. The van der Waals surface area contributed by atoms with Crippen LogP contribution in [0, 0.1) is 0 Å². The van der Waals surface area contributed by atoms with Gasteiger partial charge in [-0.25, -0.2) is 0 Å². The highest BCUT2D eigenvalue weighted by molar-refractivity contribution is 7.99. The quantitative estimate of drug-likeness (QED) is 0.749. The second-order valence-electron chi connectivity index (χ2n) is 3.43. The molecule has 0 spiro atoms. The van der Waals surface area contributed by atoms with E-state index >= 15 is 0 Å². The van der Waals surface area contributed by atoms with Crippen LogP contribution in [-0.2, 0) is 6.54 Å². The van der Waals surface area contributed by atoms with Crippen LogP contribution in [0.1, 0.15) is 4.88 Å². The molecule has 0 aliphatic carbocycles. The lowest BCUT2D eigenvalue weighted by atomic mass is 10.3. The minimum absolute atomic E-state index is 0.547. The minimum atomic E-state index is -2.41. The number of hydrogen-bond donors (Lipinski definition) is 1. The first-order valence-electron chi connectivity index (χ1n) is 5.17. The number of thioether (sulfide) groups is 1. The van der Waals surface area contributed by atoms with Gasteiger partial charge in [0.15, 0.2) is 0 Å². The van der Waals surface area contributed by atoms with Crippen molar-refractivity contribution >= 4 is 40.4 Å². The maximum Gasteiger partial charge on any atom is 0.288 e. The van der Waals surface area contributed by atoms with E-state index in [0.717, 1.165) is 9.21 Å². The monoisotopic (exact) mass is 305 g/mol. The molecule has 2 aromatic rings. The lowest BCUT2D eigenvalue weighted by molar-refractivity contribution is 0.252. The zero-order valence-electron chi connectivity index (χ0n) is 9.20. The maximum absolute atomic E-state index is 12.4. The van der Waals surface area contributed by atoms with Crippen LogP contribution in [0.4, 0.5) is 14.5 Å². The predicted octanol–water partition coefficient (Wildman–Crippen LogP) is 5.33. The molecule has 1 N–H and O–H groups in total. The van der Waals surface area contributed by atoms with E-state index in [0.29, 0.717) is 28.9 Å². The van der Waals surface area contributed by atoms with Crippen LogP contribution in [0.25, 0.3) is 0 Å². The second-order valence-corrected chi connectivity index (χ2v) is 6.27. The Bertz CT molecular complexity index is 516. The Balaban J connectivity index is 2.04. The highest BCUT2D eigenvalue weighted by Gasteiger charge is 2.09. The summed E-state index contributed by atoms with van der Waals surface area (Å²) in [6.45, 7) is 0.582. The van der Waals surface area contributed by atoms with Gasteiger partial charge in [-0.15, -0.1) is 11.3 Å². The number of rotatable bonds is 5. The SMILES string of the molecule is FC(F)Sc1ccccc1NCc1ccc(Cl)s1. The predicted molar refractivity (Wildman–Crippen MR) is 75.0 cm³/mol. The lowest BCUT2D eigenvalue weighted by Crippen LogP contribution is -1.99.